The molecule has 122 valence electrons. The van der Waals surface area contributed by atoms with Crippen molar-refractivity contribution in [3.05, 3.63) is 34.9 Å². The van der Waals surface area contributed by atoms with E-state index in [4.69, 9.17) is 4.74 Å². The highest BCUT2D eigenvalue weighted by Crippen LogP contribution is 2.38. The van der Waals surface area contributed by atoms with E-state index < -0.39 is 5.82 Å². The van der Waals surface area contributed by atoms with Gasteiger partial charge in [0.1, 0.15) is 11.6 Å². The van der Waals surface area contributed by atoms with Crippen LogP contribution in [0.5, 0.6) is 0 Å². The quantitative estimate of drug-likeness (QED) is 0.929. The van der Waals surface area contributed by atoms with Crippen LogP contribution in [0.4, 0.5) is 8.78 Å². The highest BCUT2D eigenvalue weighted by molar-refractivity contribution is 5.30. The van der Waals surface area contributed by atoms with Gasteiger partial charge in [0.25, 0.3) is 0 Å². The summed E-state index contributed by atoms with van der Waals surface area (Å²) in [6.07, 6.45) is 1.73. The molecular formula is C17H24F2N2O. The van der Waals surface area contributed by atoms with Crippen LogP contribution in [0.15, 0.2) is 12.1 Å². The summed E-state index contributed by atoms with van der Waals surface area (Å²) in [5.74, 6) is -0.550. The van der Waals surface area contributed by atoms with E-state index in [0.717, 1.165) is 39.0 Å². The Kier molecular flexibility index (Phi) is 5.06. The number of nitrogens with zero attached hydrogens (tertiary/aromatic N) is 1. The van der Waals surface area contributed by atoms with Crippen molar-refractivity contribution < 1.29 is 13.5 Å². The van der Waals surface area contributed by atoms with E-state index in [-0.39, 0.29) is 23.3 Å². The van der Waals surface area contributed by atoms with Gasteiger partial charge in [0.05, 0.1) is 0 Å². The molecule has 1 aromatic carbocycles. The first-order valence-electron chi connectivity index (χ1n) is 8.15. The van der Waals surface area contributed by atoms with Crippen molar-refractivity contribution in [3.8, 4) is 0 Å². The Morgan fingerprint density at radius 2 is 1.86 bits per heavy atom. The molecule has 2 heterocycles. The van der Waals surface area contributed by atoms with Crippen LogP contribution in [-0.4, -0.2) is 44.3 Å². The van der Waals surface area contributed by atoms with Gasteiger partial charge in [-0.2, -0.15) is 0 Å². The molecular weight excluding hydrogens is 286 g/mol. The molecule has 1 N–H and O–H groups in total. The minimum atomic E-state index is -0.418. The molecule has 0 unspecified atom stereocenters. The van der Waals surface area contributed by atoms with Gasteiger partial charge in [0.2, 0.25) is 0 Å². The van der Waals surface area contributed by atoms with E-state index in [1.807, 2.05) is 0 Å². The highest BCUT2D eigenvalue weighted by atomic mass is 19.1. The second kappa shape index (κ2) is 7.02. The lowest BCUT2D eigenvalue weighted by molar-refractivity contribution is 0.0191. The molecule has 3 nitrogen and oxygen atoms in total. The summed E-state index contributed by atoms with van der Waals surface area (Å²) in [5, 5.41) is 3.31. The van der Waals surface area contributed by atoms with E-state index in [2.05, 4.69) is 10.2 Å². The lowest BCUT2D eigenvalue weighted by Crippen LogP contribution is -2.48. The molecule has 2 fully saturated rings. The Morgan fingerprint density at radius 1 is 1.18 bits per heavy atom. The third kappa shape index (κ3) is 3.16. The van der Waals surface area contributed by atoms with Gasteiger partial charge in [-0.1, -0.05) is 6.07 Å². The van der Waals surface area contributed by atoms with Crippen LogP contribution >= 0.6 is 0 Å². The number of nitrogens with one attached hydrogen (secondary N) is 1. The van der Waals surface area contributed by atoms with E-state index >= 15 is 0 Å². The SMILES string of the molecule is Cc1ccc(F)c([C@@H](C2CCOCC2)N2CCNCC2)c1F. The van der Waals surface area contributed by atoms with Crippen LogP contribution in [0, 0.1) is 24.5 Å². The van der Waals surface area contributed by atoms with Gasteiger partial charge >= 0.3 is 0 Å². The molecule has 2 saturated heterocycles. The van der Waals surface area contributed by atoms with Crippen molar-refractivity contribution in [1.82, 2.24) is 10.2 Å². The summed E-state index contributed by atoms with van der Waals surface area (Å²) < 4.78 is 34.6. The smallest absolute Gasteiger partial charge is 0.133 e. The zero-order valence-electron chi connectivity index (χ0n) is 13.1. The van der Waals surface area contributed by atoms with Crippen LogP contribution in [0.25, 0.3) is 0 Å². The van der Waals surface area contributed by atoms with E-state index in [0.29, 0.717) is 18.8 Å². The molecule has 0 spiro atoms. The minimum Gasteiger partial charge on any atom is -0.381 e. The second-order valence-corrected chi connectivity index (χ2v) is 6.27. The van der Waals surface area contributed by atoms with Crippen molar-refractivity contribution in [3.63, 3.8) is 0 Å². The topological polar surface area (TPSA) is 24.5 Å². The molecule has 1 aromatic rings. The summed E-state index contributed by atoms with van der Waals surface area (Å²) >= 11 is 0. The predicted octanol–water partition coefficient (Wildman–Crippen LogP) is 2.65. The van der Waals surface area contributed by atoms with Gasteiger partial charge in [-0.25, -0.2) is 8.78 Å². The van der Waals surface area contributed by atoms with Crippen molar-refractivity contribution >= 4 is 0 Å². The Hall–Kier alpha value is -1.04. The average Bonchev–Trinajstić information content (AvgIpc) is 2.57. The average molecular weight is 310 g/mol. The minimum absolute atomic E-state index is 0.189. The Bertz CT molecular complexity index is 494. The zero-order chi connectivity index (χ0) is 15.5. The normalized spacial score (nSPS) is 22.7. The zero-order valence-corrected chi connectivity index (χ0v) is 13.1. The summed E-state index contributed by atoms with van der Waals surface area (Å²) in [5.41, 5.74) is 0.775. The molecule has 0 saturated carbocycles. The molecule has 2 aliphatic heterocycles. The van der Waals surface area contributed by atoms with E-state index in [9.17, 15) is 8.78 Å². The first kappa shape index (κ1) is 15.8. The first-order valence-corrected chi connectivity index (χ1v) is 8.15. The predicted molar refractivity (Wildman–Crippen MR) is 81.8 cm³/mol. The Balaban J connectivity index is 1.98. The fraction of sp³-hybridized carbons (Fsp3) is 0.647. The fourth-order valence-corrected chi connectivity index (χ4v) is 3.66. The van der Waals surface area contributed by atoms with E-state index in [1.165, 1.54) is 12.1 Å². The Labute approximate surface area is 130 Å². The van der Waals surface area contributed by atoms with Gasteiger partial charge < -0.3 is 10.1 Å². The molecule has 2 aliphatic rings. The lowest BCUT2D eigenvalue weighted by Gasteiger charge is -2.41. The molecule has 3 rings (SSSR count). The largest absolute Gasteiger partial charge is 0.381 e. The van der Waals surface area contributed by atoms with Crippen LogP contribution in [0.3, 0.4) is 0 Å². The van der Waals surface area contributed by atoms with Gasteiger partial charge in [-0.05, 0) is 37.3 Å². The number of aryl methyl sites for hydroxylation is 1. The summed E-state index contributed by atoms with van der Waals surface area (Å²) in [6, 6.07) is 2.74. The second-order valence-electron chi connectivity index (χ2n) is 6.27. The number of piperazine rings is 1. The number of ether oxygens (including phenoxy) is 1. The van der Waals surface area contributed by atoms with Crippen molar-refractivity contribution in [2.24, 2.45) is 5.92 Å². The maximum absolute atomic E-state index is 14.7. The number of benzene rings is 1. The summed E-state index contributed by atoms with van der Waals surface area (Å²) in [4.78, 5) is 2.24. The molecule has 5 heteroatoms. The molecule has 0 radical (unpaired) electrons. The molecule has 22 heavy (non-hydrogen) atoms. The van der Waals surface area contributed by atoms with Crippen molar-refractivity contribution in [2.75, 3.05) is 39.4 Å². The number of rotatable bonds is 3. The molecule has 1 atom stereocenters. The number of hydrogen-bond acceptors (Lipinski definition) is 3. The summed E-state index contributed by atoms with van der Waals surface area (Å²) in [7, 11) is 0. The lowest BCUT2D eigenvalue weighted by atomic mass is 9.84. The molecule has 0 aromatic heterocycles. The molecule has 0 amide bonds. The monoisotopic (exact) mass is 310 g/mol. The third-order valence-electron chi connectivity index (χ3n) is 4.87. The van der Waals surface area contributed by atoms with Crippen molar-refractivity contribution in [1.29, 1.82) is 0 Å². The van der Waals surface area contributed by atoms with Gasteiger partial charge in [-0.15, -0.1) is 0 Å². The summed E-state index contributed by atoms with van der Waals surface area (Å²) in [6.45, 7) is 6.47. The van der Waals surface area contributed by atoms with Crippen LogP contribution < -0.4 is 5.32 Å². The maximum Gasteiger partial charge on any atom is 0.133 e. The maximum atomic E-state index is 14.7. The third-order valence-corrected chi connectivity index (χ3v) is 4.87. The highest BCUT2D eigenvalue weighted by Gasteiger charge is 2.35. The number of hydrogen-bond donors (Lipinski definition) is 1. The number of halogens is 2. The fourth-order valence-electron chi connectivity index (χ4n) is 3.66. The standard InChI is InChI=1S/C17H24F2N2O/c1-12-2-3-14(18)15(16(12)19)17(13-4-10-22-11-5-13)21-8-6-20-7-9-21/h2-3,13,17,20H,4-11H2,1H3/t17-/m1/s1. The van der Waals surface area contributed by atoms with Crippen molar-refractivity contribution in [2.45, 2.75) is 25.8 Å². The van der Waals surface area contributed by atoms with Crippen LogP contribution in [0.1, 0.15) is 30.0 Å². The molecule has 0 bridgehead atoms. The molecule has 0 aliphatic carbocycles. The van der Waals surface area contributed by atoms with E-state index in [1.54, 1.807) is 6.92 Å². The van der Waals surface area contributed by atoms with Gasteiger partial charge in [0, 0.05) is 51.0 Å². The first-order chi connectivity index (χ1) is 10.7. The van der Waals surface area contributed by atoms with Gasteiger partial charge in [-0.3, -0.25) is 4.90 Å². The van der Waals surface area contributed by atoms with Gasteiger partial charge in [0.15, 0.2) is 0 Å². The van der Waals surface area contributed by atoms with Crippen LogP contribution in [0.2, 0.25) is 0 Å². The van der Waals surface area contributed by atoms with Crippen LogP contribution in [-0.2, 0) is 4.74 Å². The Morgan fingerprint density at radius 3 is 2.55 bits per heavy atom.